The van der Waals surface area contributed by atoms with Crippen molar-refractivity contribution in [2.24, 2.45) is 0 Å². The molecule has 1 heterocycles. The Balaban J connectivity index is 1.68. The number of esters is 1. The summed E-state index contributed by atoms with van der Waals surface area (Å²) in [5, 5.41) is 3.28. The average Bonchev–Trinajstić information content (AvgIpc) is 3.25. The van der Waals surface area contributed by atoms with Crippen LogP contribution in [0.3, 0.4) is 0 Å². The molecule has 0 saturated carbocycles. The third-order valence-corrected chi connectivity index (χ3v) is 6.32. The van der Waals surface area contributed by atoms with E-state index in [0.717, 1.165) is 28.0 Å². The number of carbonyl (C=O) groups is 2. The maximum atomic E-state index is 12.5. The molecule has 1 amide bonds. The zero-order chi connectivity index (χ0) is 24.5. The normalized spacial score (nSPS) is 10.8. The van der Waals surface area contributed by atoms with Gasteiger partial charge < -0.3 is 19.5 Å². The van der Waals surface area contributed by atoms with Crippen molar-refractivity contribution in [3.63, 3.8) is 0 Å². The second kappa shape index (κ2) is 12.0. The van der Waals surface area contributed by atoms with Gasteiger partial charge in [-0.15, -0.1) is 11.3 Å². The van der Waals surface area contributed by atoms with Gasteiger partial charge in [0.05, 0.1) is 19.3 Å². The van der Waals surface area contributed by atoms with Gasteiger partial charge in [0.1, 0.15) is 11.6 Å². The van der Waals surface area contributed by atoms with Gasteiger partial charge >= 0.3 is 5.97 Å². The largest absolute Gasteiger partial charge is 0.493 e. The Morgan fingerprint density at radius 2 is 1.85 bits per heavy atom. The molecule has 0 fully saturated rings. The maximum absolute atomic E-state index is 12.5. The number of methoxy groups -OCH3 is 1. The van der Waals surface area contributed by atoms with Crippen molar-refractivity contribution in [1.82, 2.24) is 0 Å². The summed E-state index contributed by atoms with van der Waals surface area (Å²) < 4.78 is 16.5. The van der Waals surface area contributed by atoms with E-state index < -0.39 is 5.97 Å². The van der Waals surface area contributed by atoms with Crippen LogP contribution in [0.25, 0.3) is 6.08 Å². The fourth-order valence-electron chi connectivity index (χ4n) is 3.23. The molecule has 1 N–H and O–H groups in total. The molecule has 0 atom stereocenters. The van der Waals surface area contributed by atoms with Crippen molar-refractivity contribution in [2.75, 3.05) is 19.0 Å². The predicted octanol–water partition coefficient (Wildman–Crippen LogP) is 6.04. The van der Waals surface area contributed by atoms with Gasteiger partial charge in [0.25, 0.3) is 0 Å². The highest BCUT2D eigenvalue weighted by Crippen LogP contribution is 2.31. The van der Waals surface area contributed by atoms with Crippen molar-refractivity contribution in [3.05, 3.63) is 81.7 Å². The summed E-state index contributed by atoms with van der Waals surface area (Å²) in [5.41, 5.74) is 3.42. The lowest BCUT2D eigenvalue weighted by atomic mass is 10.1. The van der Waals surface area contributed by atoms with Gasteiger partial charge in [-0.1, -0.05) is 37.3 Å². The lowest BCUT2D eigenvalue weighted by Crippen LogP contribution is -2.11. The highest BCUT2D eigenvalue weighted by atomic mass is 32.1. The van der Waals surface area contributed by atoms with Crippen molar-refractivity contribution in [3.8, 4) is 11.5 Å². The van der Waals surface area contributed by atoms with Gasteiger partial charge in [-0.25, -0.2) is 4.79 Å². The Bertz CT molecular complexity index is 1180. The van der Waals surface area contributed by atoms with Crippen LogP contribution in [0.1, 0.15) is 45.8 Å². The summed E-state index contributed by atoms with van der Waals surface area (Å²) in [6.07, 6.45) is 3.87. The first-order valence-electron chi connectivity index (χ1n) is 11.1. The third kappa shape index (κ3) is 6.48. The molecule has 0 bridgehead atoms. The van der Waals surface area contributed by atoms with E-state index in [4.69, 9.17) is 14.2 Å². The molecule has 7 heteroatoms. The van der Waals surface area contributed by atoms with E-state index in [9.17, 15) is 9.59 Å². The van der Waals surface area contributed by atoms with Crippen LogP contribution < -0.4 is 14.8 Å². The van der Waals surface area contributed by atoms with Crippen LogP contribution in [0.5, 0.6) is 11.5 Å². The summed E-state index contributed by atoms with van der Waals surface area (Å²) in [5.74, 6) is 0.418. The van der Waals surface area contributed by atoms with Gasteiger partial charge in [-0.05, 0) is 61.2 Å². The summed E-state index contributed by atoms with van der Waals surface area (Å²) >= 11 is 1.37. The van der Waals surface area contributed by atoms with Crippen LogP contribution in [-0.4, -0.2) is 25.6 Å². The molecule has 0 aliphatic carbocycles. The van der Waals surface area contributed by atoms with Crippen LogP contribution in [-0.2, 0) is 22.6 Å². The van der Waals surface area contributed by atoms with E-state index in [2.05, 4.69) is 5.32 Å². The summed E-state index contributed by atoms with van der Waals surface area (Å²) in [6.45, 7) is 6.50. The van der Waals surface area contributed by atoms with Crippen molar-refractivity contribution in [2.45, 2.75) is 33.8 Å². The number of hydrogen-bond acceptors (Lipinski definition) is 6. The van der Waals surface area contributed by atoms with Crippen LogP contribution in [0, 0.1) is 6.92 Å². The number of rotatable bonds is 10. The first kappa shape index (κ1) is 25.1. The molecule has 34 heavy (non-hydrogen) atoms. The number of ether oxygens (including phenoxy) is 3. The quantitative estimate of drug-likeness (QED) is 0.284. The van der Waals surface area contributed by atoms with E-state index in [0.29, 0.717) is 28.7 Å². The molecule has 0 aliphatic rings. The number of carbonyl (C=O) groups excluding carboxylic acids is 2. The third-order valence-electron chi connectivity index (χ3n) is 5.12. The molecule has 1 aromatic heterocycles. The molecule has 0 radical (unpaired) electrons. The Hall–Kier alpha value is -3.58. The Morgan fingerprint density at radius 3 is 2.56 bits per heavy atom. The van der Waals surface area contributed by atoms with E-state index in [1.165, 1.54) is 17.4 Å². The Kier molecular flexibility index (Phi) is 8.87. The number of aryl methyl sites for hydroxylation is 2. The van der Waals surface area contributed by atoms with Crippen LogP contribution in [0.15, 0.2) is 54.6 Å². The number of benzene rings is 2. The lowest BCUT2D eigenvalue weighted by molar-refractivity contribution is -0.111. The van der Waals surface area contributed by atoms with Gasteiger partial charge in [0, 0.05) is 11.0 Å². The second-order valence-corrected chi connectivity index (χ2v) is 8.61. The summed E-state index contributed by atoms with van der Waals surface area (Å²) in [7, 11) is 1.58. The highest BCUT2D eigenvalue weighted by molar-refractivity contribution is 7.16. The van der Waals surface area contributed by atoms with Crippen molar-refractivity contribution < 1.29 is 23.8 Å². The summed E-state index contributed by atoms with van der Waals surface area (Å²) in [4.78, 5) is 25.7. The smallest absolute Gasteiger partial charge is 0.341 e. The SMILES string of the molecule is CCOC(=O)c1cc(CC)sc1NC(=O)/C=C/c1ccc(OCc2ccccc2C)c(OC)c1. The zero-order valence-electron chi connectivity index (χ0n) is 19.8. The molecular weight excluding hydrogens is 450 g/mol. The van der Waals surface area contributed by atoms with Crippen LogP contribution in [0.4, 0.5) is 5.00 Å². The second-order valence-electron chi connectivity index (χ2n) is 7.48. The van der Waals surface area contributed by atoms with Crippen LogP contribution >= 0.6 is 11.3 Å². The van der Waals surface area contributed by atoms with E-state index in [1.807, 2.05) is 50.2 Å². The zero-order valence-corrected chi connectivity index (χ0v) is 20.7. The lowest BCUT2D eigenvalue weighted by Gasteiger charge is -2.12. The van der Waals surface area contributed by atoms with Crippen molar-refractivity contribution in [1.29, 1.82) is 0 Å². The number of hydrogen-bond donors (Lipinski definition) is 1. The molecule has 2 aromatic carbocycles. The standard InChI is InChI=1S/C27H29NO5S/c1-5-21-16-22(27(30)32-6-2)26(34-21)28-25(29)14-12-19-11-13-23(24(15-19)31-4)33-17-20-10-8-7-9-18(20)3/h7-16H,5-6,17H2,1-4H3,(H,28,29)/b14-12+. The molecule has 0 aliphatic heterocycles. The molecule has 0 unspecified atom stereocenters. The maximum Gasteiger partial charge on any atom is 0.341 e. The van der Waals surface area contributed by atoms with E-state index in [1.54, 1.807) is 32.2 Å². The van der Waals surface area contributed by atoms with E-state index >= 15 is 0 Å². The van der Waals surface area contributed by atoms with Gasteiger partial charge in [-0.3, -0.25) is 4.79 Å². The molecule has 6 nitrogen and oxygen atoms in total. The topological polar surface area (TPSA) is 73.9 Å². The number of amides is 1. The van der Waals surface area contributed by atoms with Gasteiger partial charge in [0.15, 0.2) is 11.5 Å². The average molecular weight is 480 g/mol. The first-order chi connectivity index (χ1) is 16.4. The highest BCUT2D eigenvalue weighted by Gasteiger charge is 2.18. The first-order valence-corrected chi connectivity index (χ1v) is 11.9. The number of thiophene rings is 1. The predicted molar refractivity (Wildman–Crippen MR) is 136 cm³/mol. The van der Waals surface area contributed by atoms with Crippen molar-refractivity contribution >= 4 is 34.3 Å². The molecule has 3 rings (SSSR count). The monoisotopic (exact) mass is 479 g/mol. The fraction of sp³-hybridized carbons (Fsp3) is 0.259. The molecule has 178 valence electrons. The minimum absolute atomic E-state index is 0.274. The minimum atomic E-state index is -0.441. The minimum Gasteiger partial charge on any atom is -0.493 e. The number of nitrogens with one attached hydrogen (secondary N) is 1. The van der Waals surface area contributed by atoms with E-state index in [-0.39, 0.29) is 12.5 Å². The van der Waals surface area contributed by atoms with Crippen LogP contribution in [0.2, 0.25) is 0 Å². The summed E-state index contributed by atoms with van der Waals surface area (Å²) in [6, 6.07) is 15.3. The molecule has 3 aromatic rings. The Labute approximate surface area is 204 Å². The van der Waals surface area contributed by atoms with Gasteiger partial charge in [0.2, 0.25) is 5.91 Å². The number of anilines is 1. The molecular formula is C27H29NO5S. The Morgan fingerprint density at radius 1 is 1.06 bits per heavy atom. The molecule has 0 saturated heterocycles. The molecule has 0 spiro atoms. The fourth-order valence-corrected chi connectivity index (χ4v) is 4.22. The van der Waals surface area contributed by atoms with Gasteiger partial charge in [-0.2, -0.15) is 0 Å².